The van der Waals surface area contributed by atoms with Crippen molar-refractivity contribution in [3.05, 3.63) is 88.8 Å². The molecule has 2 heterocycles. The van der Waals surface area contributed by atoms with Gasteiger partial charge in [0.05, 0.1) is 22.5 Å². The number of nitro groups is 1. The molecule has 4 aromatic rings. The minimum Gasteiger partial charge on any atom is -0.463 e. The van der Waals surface area contributed by atoms with Gasteiger partial charge >= 0.3 is 6.18 Å². The Morgan fingerprint density at radius 2 is 1.80 bits per heavy atom. The molecule has 35 heavy (non-hydrogen) atoms. The summed E-state index contributed by atoms with van der Waals surface area (Å²) < 4.78 is 44.9. The van der Waals surface area contributed by atoms with E-state index in [1.54, 1.807) is 42.5 Å². The molecule has 0 atom stereocenters. The van der Waals surface area contributed by atoms with E-state index in [0.717, 1.165) is 17.8 Å². The summed E-state index contributed by atoms with van der Waals surface area (Å²) >= 11 is 0.744. The number of para-hydroxylation sites is 1. The predicted octanol–water partition coefficient (Wildman–Crippen LogP) is 6.06. The number of furan rings is 1. The molecule has 1 amide bonds. The lowest BCUT2D eigenvalue weighted by Gasteiger charge is -2.10. The van der Waals surface area contributed by atoms with Crippen LogP contribution >= 0.6 is 11.8 Å². The standard InChI is InChI=1S/C23H15F3N4O4S/c24-23(25,26)20-12-17(19-6-3-11-34-19)28-22(29-20)35-13-21(31)27-15-9-7-14(8-10-15)16-4-1-2-5-18(16)30(32)33/h1-12H,13H2,(H,27,31). The maximum atomic E-state index is 13.3. The van der Waals surface area contributed by atoms with Crippen molar-refractivity contribution < 1.29 is 27.3 Å². The van der Waals surface area contributed by atoms with Crippen molar-refractivity contribution in [1.29, 1.82) is 0 Å². The first-order valence-electron chi connectivity index (χ1n) is 9.97. The highest BCUT2D eigenvalue weighted by molar-refractivity contribution is 7.99. The fourth-order valence-electron chi connectivity index (χ4n) is 3.12. The van der Waals surface area contributed by atoms with Crippen molar-refractivity contribution in [1.82, 2.24) is 9.97 Å². The molecule has 0 saturated carbocycles. The number of anilines is 1. The average molecular weight is 500 g/mol. The van der Waals surface area contributed by atoms with Gasteiger partial charge in [-0.3, -0.25) is 14.9 Å². The van der Waals surface area contributed by atoms with E-state index in [0.29, 0.717) is 16.8 Å². The van der Waals surface area contributed by atoms with Gasteiger partial charge in [-0.1, -0.05) is 36.0 Å². The Kier molecular flexibility index (Phi) is 6.82. The number of nitrogens with zero attached hydrogens (tertiary/aromatic N) is 3. The zero-order chi connectivity index (χ0) is 25.0. The van der Waals surface area contributed by atoms with Crippen molar-refractivity contribution in [2.75, 3.05) is 11.1 Å². The maximum absolute atomic E-state index is 13.3. The van der Waals surface area contributed by atoms with E-state index in [1.165, 1.54) is 24.5 Å². The highest BCUT2D eigenvalue weighted by Crippen LogP contribution is 2.33. The van der Waals surface area contributed by atoms with Crippen LogP contribution in [0.2, 0.25) is 0 Å². The molecule has 2 aromatic heterocycles. The first kappa shape index (κ1) is 24.0. The third-order valence-corrected chi connectivity index (χ3v) is 5.53. The number of thioether (sulfide) groups is 1. The van der Waals surface area contributed by atoms with Crippen LogP contribution in [0.25, 0.3) is 22.6 Å². The number of benzene rings is 2. The van der Waals surface area contributed by atoms with Gasteiger partial charge in [-0.2, -0.15) is 13.2 Å². The molecule has 12 heteroatoms. The molecule has 178 valence electrons. The molecule has 0 spiro atoms. The van der Waals surface area contributed by atoms with Gasteiger partial charge in [0.1, 0.15) is 11.4 Å². The smallest absolute Gasteiger partial charge is 0.433 e. The zero-order valence-electron chi connectivity index (χ0n) is 17.7. The van der Waals surface area contributed by atoms with E-state index in [1.807, 2.05) is 0 Å². The number of rotatable bonds is 7. The van der Waals surface area contributed by atoms with Crippen LogP contribution < -0.4 is 5.32 Å². The highest BCUT2D eigenvalue weighted by atomic mass is 32.2. The number of carbonyl (C=O) groups excluding carboxylic acids is 1. The first-order valence-corrected chi connectivity index (χ1v) is 11.0. The van der Waals surface area contributed by atoms with E-state index in [-0.39, 0.29) is 28.1 Å². The summed E-state index contributed by atoms with van der Waals surface area (Å²) in [6.45, 7) is 0. The molecular weight excluding hydrogens is 485 g/mol. The van der Waals surface area contributed by atoms with E-state index >= 15 is 0 Å². The van der Waals surface area contributed by atoms with Crippen molar-refractivity contribution >= 4 is 29.0 Å². The fourth-order valence-corrected chi connectivity index (χ4v) is 3.78. The Hall–Kier alpha value is -4.19. The Labute approximate surface area is 200 Å². The van der Waals surface area contributed by atoms with Crippen LogP contribution in [0, 0.1) is 10.1 Å². The van der Waals surface area contributed by atoms with Crippen LogP contribution in [-0.2, 0) is 11.0 Å². The molecule has 0 radical (unpaired) electrons. The van der Waals surface area contributed by atoms with Crippen molar-refractivity contribution in [3.63, 3.8) is 0 Å². The van der Waals surface area contributed by atoms with Crippen LogP contribution in [0.4, 0.5) is 24.5 Å². The number of nitro benzene ring substituents is 1. The molecule has 0 aliphatic rings. The number of nitrogens with one attached hydrogen (secondary N) is 1. The Morgan fingerprint density at radius 3 is 2.46 bits per heavy atom. The fraction of sp³-hybridized carbons (Fsp3) is 0.0870. The topological polar surface area (TPSA) is 111 Å². The summed E-state index contributed by atoms with van der Waals surface area (Å²) in [5.41, 5.74) is 0.195. The normalized spacial score (nSPS) is 11.3. The van der Waals surface area contributed by atoms with Gasteiger partial charge in [-0.25, -0.2) is 9.97 Å². The van der Waals surface area contributed by atoms with Crippen molar-refractivity contribution in [2.24, 2.45) is 0 Å². The molecule has 0 aliphatic heterocycles. The molecule has 1 N–H and O–H groups in total. The lowest BCUT2D eigenvalue weighted by atomic mass is 10.0. The number of alkyl halides is 3. The Balaban J connectivity index is 1.44. The molecule has 0 fully saturated rings. The molecular formula is C23H15F3N4O4S. The van der Waals surface area contributed by atoms with Gasteiger partial charge in [0.25, 0.3) is 5.69 Å². The second kappa shape index (κ2) is 9.97. The minimum atomic E-state index is -4.70. The summed E-state index contributed by atoms with van der Waals surface area (Å²) in [6, 6.07) is 16.4. The Morgan fingerprint density at radius 1 is 1.06 bits per heavy atom. The van der Waals surface area contributed by atoms with E-state index in [4.69, 9.17) is 4.42 Å². The predicted molar refractivity (Wildman–Crippen MR) is 123 cm³/mol. The molecule has 2 aromatic carbocycles. The zero-order valence-corrected chi connectivity index (χ0v) is 18.5. The second-order valence-electron chi connectivity index (χ2n) is 7.08. The summed E-state index contributed by atoms with van der Waals surface area (Å²) in [4.78, 5) is 30.7. The van der Waals surface area contributed by atoms with Crippen LogP contribution in [0.1, 0.15) is 5.69 Å². The summed E-state index contributed by atoms with van der Waals surface area (Å²) in [5.74, 6) is -0.595. The first-order chi connectivity index (χ1) is 16.7. The van der Waals surface area contributed by atoms with Gasteiger partial charge in [-0.05, 0) is 42.0 Å². The molecule has 8 nitrogen and oxygen atoms in total. The number of carbonyl (C=O) groups is 1. The third-order valence-electron chi connectivity index (χ3n) is 4.68. The van der Waals surface area contributed by atoms with Crippen LogP contribution in [0.3, 0.4) is 0 Å². The van der Waals surface area contributed by atoms with Gasteiger partial charge < -0.3 is 9.73 Å². The Bertz CT molecular complexity index is 1360. The lowest BCUT2D eigenvalue weighted by Crippen LogP contribution is -2.15. The number of halogens is 3. The third kappa shape index (κ3) is 5.84. The second-order valence-corrected chi connectivity index (χ2v) is 8.03. The van der Waals surface area contributed by atoms with E-state index in [2.05, 4.69) is 15.3 Å². The van der Waals surface area contributed by atoms with Crippen LogP contribution in [-0.4, -0.2) is 26.6 Å². The highest BCUT2D eigenvalue weighted by Gasteiger charge is 2.34. The quantitative estimate of drug-likeness (QED) is 0.142. The average Bonchev–Trinajstić information content (AvgIpc) is 3.38. The summed E-state index contributed by atoms with van der Waals surface area (Å²) in [7, 11) is 0. The summed E-state index contributed by atoms with van der Waals surface area (Å²) in [6.07, 6.45) is -3.39. The molecule has 0 unspecified atom stereocenters. The van der Waals surface area contributed by atoms with Gasteiger partial charge in [0, 0.05) is 11.8 Å². The van der Waals surface area contributed by atoms with Crippen molar-refractivity contribution in [2.45, 2.75) is 11.3 Å². The van der Waals surface area contributed by atoms with Crippen LogP contribution in [0.5, 0.6) is 0 Å². The number of hydrogen-bond donors (Lipinski definition) is 1. The van der Waals surface area contributed by atoms with E-state index in [9.17, 15) is 28.1 Å². The monoisotopic (exact) mass is 500 g/mol. The van der Waals surface area contributed by atoms with E-state index < -0.39 is 22.7 Å². The molecule has 0 bridgehead atoms. The maximum Gasteiger partial charge on any atom is 0.433 e. The largest absolute Gasteiger partial charge is 0.463 e. The number of aromatic nitrogens is 2. The van der Waals surface area contributed by atoms with Crippen LogP contribution in [0.15, 0.2) is 82.6 Å². The molecule has 0 aliphatic carbocycles. The molecule has 4 rings (SSSR count). The minimum absolute atomic E-state index is 0.0457. The number of amides is 1. The lowest BCUT2D eigenvalue weighted by molar-refractivity contribution is -0.384. The van der Waals surface area contributed by atoms with Gasteiger partial charge in [0.15, 0.2) is 10.9 Å². The van der Waals surface area contributed by atoms with Gasteiger partial charge in [-0.15, -0.1) is 0 Å². The molecule has 0 saturated heterocycles. The van der Waals surface area contributed by atoms with Gasteiger partial charge in [0.2, 0.25) is 5.91 Å². The van der Waals surface area contributed by atoms with Crippen molar-refractivity contribution in [3.8, 4) is 22.6 Å². The summed E-state index contributed by atoms with van der Waals surface area (Å²) in [5, 5.41) is 13.6. The number of hydrogen-bond acceptors (Lipinski definition) is 7. The SMILES string of the molecule is O=C(CSc1nc(-c2ccco2)cc(C(F)(F)F)n1)Nc1ccc(-c2ccccc2[N+](=O)[O-])cc1.